The number of aromatic nitrogens is 2. The van der Waals surface area contributed by atoms with Crippen LogP contribution in [0.3, 0.4) is 0 Å². The highest BCUT2D eigenvalue weighted by molar-refractivity contribution is 6.76. The van der Waals surface area contributed by atoms with Gasteiger partial charge in [0, 0.05) is 32.0 Å². The second kappa shape index (κ2) is 5.95. The minimum Gasteiger partial charge on any atom is -0.390 e. The molecule has 2 aromatic rings. The van der Waals surface area contributed by atoms with E-state index >= 15 is 0 Å². The minimum absolute atomic E-state index is 0.106. The molecule has 0 bridgehead atoms. The molecule has 0 unspecified atom stereocenters. The quantitative estimate of drug-likeness (QED) is 0.633. The Bertz CT molecular complexity index is 640. The molecule has 2 N–H and O–H groups in total. The van der Waals surface area contributed by atoms with Gasteiger partial charge < -0.3 is 19.4 Å². The van der Waals surface area contributed by atoms with Gasteiger partial charge in [-0.05, 0) is 18.2 Å². The highest BCUT2D eigenvalue weighted by atomic mass is 28.3. The number of aromatic amines is 1. The summed E-state index contributed by atoms with van der Waals surface area (Å²) in [6, 6.07) is 4.73. The molecule has 0 aliphatic rings. The van der Waals surface area contributed by atoms with E-state index in [9.17, 15) is 9.90 Å². The fourth-order valence-corrected chi connectivity index (χ4v) is 2.85. The Balaban J connectivity index is 2.18. The Labute approximate surface area is 119 Å². The molecule has 0 saturated carbocycles. The maximum atomic E-state index is 11.9. The van der Waals surface area contributed by atoms with Crippen LogP contribution in [0.15, 0.2) is 23.1 Å². The average molecular weight is 294 g/mol. The molecule has 2 rings (SSSR count). The number of hydrogen-bond donors (Lipinski definition) is 2. The van der Waals surface area contributed by atoms with E-state index in [-0.39, 0.29) is 12.2 Å². The first-order valence-electron chi connectivity index (χ1n) is 6.81. The molecule has 0 saturated heterocycles. The first kappa shape index (κ1) is 15.0. The van der Waals surface area contributed by atoms with Crippen molar-refractivity contribution in [3.8, 4) is 0 Å². The molecular formula is C14H22N2O3Si. The van der Waals surface area contributed by atoms with Gasteiger partial charge in [-0.2, -0.15) is 0 Å². The number of aliphatic hydroxyl groups is 1. The van der Waals surface area contributed by atoms with Crippen molar-refractivity contribution in [3.63, 3.8) is 0 Å². The van der Waals surface area contributed by atoms with E-state index in [0.717, 1.165) is 11.4 Å². The molecule has 0 aromatic carbocycles. The number of pyridine rings is 1. The van der Waals surface area contributed by atoms with E-state index in [1.807, 2.05) is 12.1 Å². The first-order valence-corrected chi connectivity index (χ1v) is 10.5. The molecule has 0 amide bonds. The molecule has 5 nitrogen and oxygen atoms in total. The van der Waals surface area contributed by atoms with Crippen LogP contribution < -0.4 is 5.56 Å². The van der Waals surface area contributed by atoms with Gasteiger partial charge in [0.25, 0.3) is 5.56 Å². The average Bonchev–Trinajstić information content (AvgIpc) is 2.73. The fraction of sp³-hybridized carbons (Fsp3) is 0.500. The SMILES string of the molecule is C[Si](C)(C)CCOCn1c(CO)cc2cc[nH]c(=O)c21. The summed E-state index contributed by atoms with van der Waals surface area (Å²) in [5.41, 5.74) is 1.10. The summed E-state index contributed by atoms with van der Waals surface area (Å²) in [7, 11) is -1.12. The highest BCUT2D eigenvalue weighted by Gasteiger charge is 2.14. The molecule has 2 heterocycles. The van der Waals surface area contributed by atoms with Gasteiger partial charge >= 0.3 is 0 Å². The minimum atomic E-state index is -1.12. The number of H-pyrrole nitrogens is 1. The van der Waals surface area contributed by atoms with E-state index in [1.54, 1.807) is 10.8 Å². The van der Waals surface area contributed by atoms with Gasteiger partial charge in [0.1, 0.15) is 12.2 Å². The Morgan fingerprint density at radius 3 is 2.80 bits per heavy atom. The van der Waals surface area contributed by atoms with Crippen molar-refractivity contribution in [3.05, 3.63) is 34.4 Å². The van der Waals surface area contributed by atoms with Gasteiger partial charge in [0.2, 0.25) is 0 Å². The van der Waals surface area contributed by atoms with Gasteiger partial charge in [-0.3, -0.25) is 4.79 Å². The van der Waals surface area contributed by atoms with Gasteiger partial charge in [-0.25, -0.2) is 0 Å². The fourth-order valence-electron chi connectivity index (χ4n) is 2.09. The summed E-state index contributed by atoms with van der Waals surface area (Å²) in [5.74, 6) is 0. The molecular weight excluding hydrogens is 272 g/mol. The lowest BCUT2D eigenvalue weighted by atomic mass is 10.3. The van der Waals surface area contributed by atoms with Crippen molar-refractivity contribution in [2.45, 2.75) is 39.0 Å². The van der Waals surface area contributed by atoms with Crippen LogP contribution in [-0.4, -0.2) is 29.3 Å². The predicted molar refractivity (Wildman–Crippen MR) is 82.6 cm³/mol. The van der Waals surface area contributed by atoms with E-state index in [1.165, 1.54) is 0 Å². The summed E-state index contributed by atoms with van der Waals surface area (Å²) in [5, 5.41) is 10.2. The zero-order valence-electron chi connectivity index (χ0n) is 12.3. The monoisotopic (exact) mass is 294 g/mol. The van der Waals surface area contributed by atoms with Gasteiger partial charge in [-0.1, -0.05) is 19.6 Å². The molecule has 0 radical (unpaired) electrons. The van der Waals surface area contributed by atoms with Crippen LogP contribution in [0.1, 0.15) is 5.69 Å². The number of rotatable bonds is 6. The molecule has 0 spiro atoms. The van der Waals surface area contributed by atoms with Crippen molar-refractivity contribution >= 4 is 19.0 Å². The van der Waals surface area contributed by atoms with Crippen LogP contribution in [0.5, 0.6) is 0 Å². The molecule has 0 aliphatic heterocycles. The van der Waals surface area contributed by atoms with Crippen molar-refractivity contribution in [1.29, 1.82) is 0 Å². The highest BCUT2D eigenvalue weighted by Crippen LogP contribution is 2.17. The normalized spacial score (nSPS) is 12.2. The van der Waals surface area contributed by atoms with Crippen molar-refractivity contribution < 1.29 is 9.84 Å². The van der Waals surface area contributed by atoms with Gasteiger partial charge in [0.05, 0.1) is 6.61 Å². The third-order valence-corrected chi connectivity index (χ3v) is 4.99. The second-order valence-corrected chi connectivity index (χ2v) is 11.8. The molecule has 6 heteroatoms. The Morgan fingerprint density at radius 1 is 1.40 bits per heavy atom. The van der Waals surface area contributed by atoms with E-state index in [2.05, 4.69) is 24.6 Å². The van der Waals surface area contributed by atoms with Gasteiger partial charge in [-0.15, -0.1) is 0 Å². The van der Waals surface area contributed by atoms with Crippen molar-refractivity contribution in [2.75, 3.05) is 6.61 Å². The van der Waals surface area contributed by atoms with Crippen LogP contribution in [0.2, 0.25) is 25.7 Å². The topological polar surface area (TPSA) is 67.2 Å². The van der Waals surface area contributed by atoms with Crippen molar-refractivity contribution in [2.24, 2.45) is 0 Å². The summed E-state index contributed by atoms with van der Waals surface area (Å²) in [6.07, 6.45) is 1.61. The maximum Gasteiger partial charge on any atom is 0.272 e. The van der Waals surface area contributed by atoms with Crippen LogP contribution in [0.25, 0.3) is 10.9 Å². The number of ether oxygens (including phenoxy) is 1. The maximum absolute atomic E-state index is 11.9. The van der Waals surface area contributed by atoms with E-state index in [0.29, 0.717) is 24.5 Å². The Hall–Kier alpha value is -1.37. The number of aliphatic hydroxyl groups excluding tert-OH is 1. The number of nitrogens with one attached hydrogen (secondary N) is 1. The lowest BCUT2D eigenvalue weighted by molar-refractivity contribution is 0.0853. The molecule has 2 aromatic heterocycles. The largest absolute Gasteiger partial charge is 0.390 e. The van der Waals surface area contributed by atoms with Crippen LogP contribution in [0, 0.1) is 0 Å². The van der Waals surface area contributed by atoms with E-state index < -0.39 is 8.07 Å². The Kier molecular flexibility index (Phi) is 4.47. The predicted octanol–water partition coefficient (Wildman–Crippen LogP) is 2.13. The van der Waals surface area contributed by atoms with Crippen LogP contribution >= 0.6 is 0 Å². The first-order chi connectivity index (χ1) is 9.42. The summed E-state index contributed by atoms with van der Waals surface area (Å²) in [4.78, 5) is 14.6. The number of fused-ring (bicyclic) bond motifs is 1. The summed E-state index contributed by atoms with van der Waals surface area (Å²) < 4.78 is 7.44. The summed E-state index contributed by atoms with van der Waals surface area (Å²) >= 11 is 0. The van der Waals surface area contributed by atoms with Gasteiger partial charge in [0.15, 0.2) is 0 Å². The number of hydrogen-bond acceptors (Lipinski definition) is 3. The van der Waals surface area contributed by atoms with E-state index in [4.69, 9.17) is 4.74 Å². The third kappa shape index (κ3) is 3.39. The van der Waals surface area contributed by atoms with Crippen LogP contribution in [-0.2, 0) is 18.1 Å². The summed E-state index contributed by atoms with van der Waals surface area (Å²) in [6.45, 7) is 7.77. The molecule has 0 aliphatic carbocycles. The lowest BCUT2D eigenvalue weighted by Crippen LogP contribution is -2.22. The third-order valence-electron chi connectivity index (χ3n) is 3.28. The second-order valence-electron chi connectivity index (χ2n) is 6.18. The molecule has 0 atom stereocenters. The Morgan fingerprint density at radius 2 is 2.15 bits per heavy atom. The lowest BCUT2D eigenvalue weighted by Gasteiger charge is -2.16. The molecule has 20 heavy (non-hydrogen) atoms. The zero-order valence-corrected chi connectivity index (χ0v) is 13.3. The van der Waals surface area contributed by atoms with Crippen LogP contribution in [0.4, 0.5) is 0 Å². The number of nitrogens with zero attached hydrogens (tertiary/aromatic N) is 1. The zero-order chi connectivity index (χ0) is 14.8. The van der Waals surface area contributed by atoms with Crippen molar-refractivity contribution in [1.82, 2.24) is 9.55 Å². The molecule has 0 fully saturated rings. The molecule has 110 valence electrons. The standard InChI is InChI=1S/C14H22N2O3Si/c1-20(2,3)7-6-19-10-16-12(9-17)8-11-4-5-15-14(18)13(11)16/h4-5,8,17H,6-7,9-10H2,1-3H3,(H,15,18). The smallest absolute Gasteiger partial charge is 0.272 e.